The molecule has 0 aliphatic carbocycles. The highest BCUT2D eigenvalue weighted by Gasteiger charge is 2.52. The van der Waals surface area contributed by atoms with Crippen LogP contribution in [0.2, 0.25) is 0 Å². The molecule has 1 amide bonds. The summed E-state index contributed by atoms with van der Waals surface area (Å²) in [5.74, 6) is -0.644. The number of rotatable bonds is 8. The van der Waals surface area contributed by atoms with Crippen molar-refractivity contribution < 1.29 is 46.9 Å². The van der Waals surface area contributed by atoms with E-state index in [1.807, 2.05) is 13.8 Å². The van der Waals surface area contributed by atoms with E-state index < -0.39 is 63.1 Å². The molecule has 0 radical (unpaired) electrons. The molecule has 2 aliphatic heterocycles. The second-order valence-electron chi connectivity index (χ2n) is 15.5. The van der Waals surface area contributed by atoms with Crippen LogP contribution < -0.4 is 5.32 Å². The summed E-state index contributed by atoms with van der Waals surface area (Å²) >= 11 is 0. The molecule has 1 aromatic rings. The molecule has 6 atom stereocenters. The Morgan fingerprint density at radius 1 is 1.20 bits per heavy atom. The predicted molar refractivity (Wildman–Crippen MR) is 184 cm³/mol. The predicted octanol–water partition coefficient (Wildman–Crippen LogP) is 6.38. The van der Waals surface area contributed by atoms with Crippen LogP contribution in [0.25, 0.3) is 6.08 Å². The van der Waals surface area contributed by atoms with Crippen LogP contribution in [0, 0.1) is 17.3 Å². The number of carbonyl (C=O) groups excluding carboxylic acids is 3. The fourth-order valence-electron chi connectivity index (χ4n) is 6.19. The van der Waals surface area contributed by atoms with Gasteiger partial charge in [0.05, 0.1) is 30.0 Å². The Balaban J connectivity index is 1.82. The van der Waals surface area contributed by atoms with Crippen molar-refractivity contribution in [3.63, 3.8) is 0 Å². The molecule has 280 valence electrons. The maximum atomic E-state index is 13.7. The lowest BCUT2D eigenvalue weighted by atomic mass is 9.74. The second-order valence-corrected chi connectivity index (χ2v) is 20.0. The Kier molecular flexibility index (Phi) is 13.5. The summed E-state index contributed by atoms with van der Waals surface area (Å²) in [6.45, 7) is 11.0. The number of aromatic nitrogens is 2. The monoisotopic (exact) mass is 719 g/mol. The largest absolute Gasteiger partial charge is 0.458 e. The van der Waals surface area contributed by atoms with E-state index in [0.717, 1.165) is 22.9 Å². The van der Waals surface area contributed by atoms with E-state index in [9.17, 15) is 32.7 Å². The summed E-state index contributed by atoms with van der Waals surface area (Å²) < 4.78 is 59.6. The highest BCUT2D eigenvalue weighted by atomic mass is 32.3. The second kappa shape index (κ2) is 16.2. The van der Waals surface area contributed by atoms with Crippen molar-refractivity contribution in [2.45, 2.75) is 117 Å². The summed E-state index contributed by atoms with van der Waals surface area (Å²) in [6, 6.07) is 0.925. The fraction of sp³-hybridized carbons (Fsp3) is 0.771. The summed E-state index contributed by atoms with van der Waals surface area (Å²) in [5.41, 5.74) is -1.82. The Hall–Kier alpha value is -2.58. The number of fused-ring (bicyclic) bond motifs is 1. The van der Waals surface area contributed by atoms with Gasteiger partial charge in [-0.1, -0.05) is 34.1 Å². The SMILES string of the molecule is C/C(=C\c1cc(C(F)(F)F)nn1CCNC(=O)OCCS(C)(C)C)[C@@H]1C[C@@H]2O[C@]2(C)CCC[C@H](C)[C@H](O)[C@@H](C)C(=O)C(C)(C)CCC(=O)O1. The number of ketones is 1. The number of aliphatic hydroxyl groups excluding tert-OH is 1. The van der Waals surface area contributed by atoms with E-state index in [-0.39, 0.29) is 56.0 Å². The molecule has 0 unspecified atom stereocenters. The number of nitrogens with one attached hydrogen (secondary N) is 1. The van der Waals surface area contributed by atoms with Crippen LogP contribution in [-0.2, 0) is 36.5 Å². The van der Waals surface area contributed by atoms with Gasteiger partial charge in [0.15, 0.2) is 5.69 Å². The number of halogens is 3. The quantitative estimate of drug-likeness (QED) is 0.234. The maximum absolute atomic E-state index is 13.7. The molecular formula is C35H56F3N3O7S. The molecule has 3 heterocycles. The molecule has 0 aromatic carbocycles. The third-order valence-corrected chi connectivity index (χ3v) is 11.1. The number of nitrogens with zero attached hydrogens (tertiary/aromatic N) is 2. The van der Waals surface area contributed by atoms with Gasteiger partial charge in [-0.15, -0.1) is 0 Å². The van der Waals surface area contributed by atoms with Crippen LogP contribution in [0.1, 0.15) is 91.5 Å². The van der Waals surface area contributed by atoms with Crippen molar-refractivity contribution in [2.24, 2.45) is 17.3 Å². The minimum atomic E-state index is -4.70. The van der Waals surface area contributed by atoms with Crippen molar-refractivity contribution >= 4 is 33.9 Å². The van der Waals surface area contributed by atoms with Gasteiger partial charge in [0.2, 0.25) is 0 Å². The van der Waals surface area contributed by atoms with Gasteiger partial charge in [0.25, 0.3) is 0 Å². The topological polar surface area (TPSA) is 132 Å². The van der Waals surface area contributed by atoms with Gasteiger partial charge in [-0.05, 0) is 75.5 Å². The van der Waals surface area contributed by atoms with Crippen molar-refractivity contribution in [1.82, 2.24) is 15.1 Å². The van der Waals surface area contributed by atoms with E-state index in [1.54, 1.807) is 27.7 Å². The summed E-state index contributed by atoms with van der Waals surface area (Å²) in [7, 11) is -0.853. The molecule has 2 fully saturated rings. The lowest BCUT2D eigenvalue weighted by molar-refractivity contribution is -0.149. The van der Waals surface area contributed by atoms with Gasteiger partial charge in [0, 0.05) is 36.5 Å². The lowest BCUT2D eigenvalue weighted by Crippen LogP contribution is -2.39. The first kappa shape index (κ1) is 40.8. The van der Waals surface area contributed by atoms with Gasteiger partial charge >= 0.3 is 18.2 Å². The number of carbonyl (C=O) groups is 3. The lowest BCUT2D eigenvalue weighted by Gasteiger charge is -2.31. The minimum Gasteiger partial charge on any atom is -0.458 e. The van der Waals surface area contributed by atoms with Crippen LogP contribution in [0.4, 0.5) is 18.0 Å². The van der Waals surface area contributed by atoms with Crippen LogP contribution in [0.15, 0.2) is 11.6 Å². The molecule has 0 bridgehead atoms. The van der Waals surface area contributed by atoms with E-state index >= 15 is 0 Å². The van der Waals surface area contributed by atoms with E-state index in [0.29, 0.717) is 24.8 Å². The number of Topliss-reactive ketones (excluding diaryl/α,β-unsaturated/α-hetero) is 1. The van der Waals surface area contributed by atoms with Crippen molar-refractivity contribution in [1.29, 1.82) is 0 Å². The molecule has 10 nitrogen and oxygen atoms in total. The molecule has 0 spiro atoms. The number of ether oxygens (including phenoxy) is 3. The highest BCUT2D eigenvalue weighted by molar-refractivity contribution is 8.32. The number of hydrogen-bond donors (Lipinski definition) is 2. The molecule has 0 saturated carbocycles. The zero-order valence-electron chi connectivity index (χ0n) is 30.4. The molecular weight excluding hydrogens is 663 g/mol. The smallest absolute Gasteiger partial charge is 0.435 e. The molecule has 3 rings (SSSR count). The summed E-state index contributed by atoms with van der Waals surface area (Å²) in [4.78, 5) is 38.7. The zero-order chi connectivity index (χ0) is 36.9. The van der Waals surface area contributed by atoms with Crippen LogP contribution >= 0.6 is 10.0 Å². The number of aliphatic hydroxyl groups is 1. The van der Waals surface area contributed by atoms with Crippen molar-refractivity contribution in [3.05, 3.63) is 23.0 Å². The number of esters is 1. The highest BCUT2D eigenvalue weighted by Crippen LogP contribution is 2.45. The molecule has 49 heavy (non-hydrogen) atoms. The van der Waals surface area contributed by atoms with Crippen LogP contribution in [-0.4, -0.2) is 94.3 Å². The van der Waals surface area contributed by atoms with Gasteiger partial charge in [0.1, 0.15) is 18.5 Å². The molecule has 1 aromatic heterocycles. The number of hydrogen-bond acceptors (Lipinski definition) is 8. The van der Waals surface area contributed by atoms with Crippen LogP contribution in [0.3, 0.4) is 0 Å². The van der Waals surface area contributed by atoms with Gasteiger partial charge in [-0.2, -0.15) is 18.3 Å². The Morgan fingerprint density at radius 3 is 2.51 bits per heavy atom. The van der Waals surface area contributed by atoms with E-state index in [4.69, 9.17) is 14.2 Å². The summed E-state index contributed by atoms with van der Waals surface area (Å²) in [5, 5.41) is 17.2. The third kappa shape index (κ3) is 12.0. The zero-order valence-corrected chi connectivity index (χ0v) is 31.3. The number of cyclic esters (lactones) is 1. The Labute approximate surface area is 290 Å². The molecule has 14 heteroatoms. The Morgan fingerprint density at radius 2 is 1.88 bits per heavy atom. The maximum Gasteiger partial charge on any atom is 0.435 e. The van der Waals surface area contributed by atoms with Crippen molar-refractivity contribution in [2.75, 3.05) is 37.7 Å². The molecule has 2 aliphatic rings. The molecule has 2 saturated heterocycles. The molecule has 2 N–H and O–H groups in total. The number of alkyl carbamates (subject to hydrolysis) is 1. The first-order valence-electron chi connectivity index (χ1n) is 17.0. The average molecular weight is 720 g/mol. The van der Waals surface area contributed by atoms with Gasteiger partial charge in [-0.3, -0.25) is 14.3 Å². The normalized spacial score (nSPS) is 29.5. The minimum absolute atomic E-state index is 0.0183. The Bertz CT molecular complexity index is 1360. The van der Waals surface area contributed by atoms with Crippen molar-refractivity contribution in [3.8, 4) is 0 Å². The first-order valence-corrected chi connectivity index (χ1v) is 20.0. The van der Waals surface area contributed by atoms with Gasteiger partial charge in [-0.25, -0.2) is 14.8 Å². The standard InChI is InChI=1S/C35H56F3N3O7S/c1-22-11-10-13-34(6)28(48-34)21-26(47-29(42)12-14-33(4,5)31(44)24(3)30(22)43)23(2)19-25-20-27(35(36,37)38)40-41(25)16-15-39-32(45)46-17-18-49(7,8)9/h19-20,22,24,26,28,30,43H,10-18,21H2,1-9H3,(H,39,45)/b23-19+/t22-,24+,26-,28-,30-,34+/m0/s1. The van der Waals surface area contributed by atoms with E-state index in [1.165, 1.54) is 6.08 Å². The summed E-state index contributed by atoms with van der Waals surface area (Å²) in [6.07, 6.45) is 3.21. The number of alkyl halides is 3. The van der Waals surface area contributed by atoms with E-state index in [2.05, 4.69) is 29.2 Å². The fourth-order valence-corrected chi connectivity index (χ4v) is 6.77. The van der Waals surface area contributed by atoms with Crippen LogP contribution in [0.5, 0.6) is 0 Å². The van der Waals surface area contributed by atoms with Gasteiger partial charge < -0.3 is 24.6 Å². The number of amides is 1. The number of epoxide rings is 1. The first-order chi connectivity index (χ1) is 22.5. The third-order valence-electron chi connectivity index (χ3n) is 9.71. The average Bonchev–Trinajstić information content (AvgIpc) is 3.43.